The number of nitrogens with zero attached hydrogens (tertiary/aromatic N) is 2. The molecule has 6 nitrogen and oxygen atoms in total. The second-order valence-corrected chi connectivity index (χ2v) is 6.93. The number of rotatable bonds is 5. The molecule has 2 aromatic rings. The zero-order valence-electron chi connectivity index (χ0n) is 10.3. The number of nitrogen functional groups attached to an aromatic ring is 1. The second kappa shape index (κ2) is 5.64. The molecule has 0 atom stereocenters. The lowest BCUT2D eigenvalue weighted by molar-refractivity contribution is 0.579. The van der Waals surface area contributed by atoms with Gasteiger partial charge in [0.2, 0.25) is 9.47 Å². The molecule has 102 valence electrons. The molecular formula is C11H14N4O2S2. The van der Waals surface area contributed by atoms with Crippen LogP contribution in [0.25, 0.3) is 0 Å². The first-order valence-corrected chi connectivity index (χ1v) is 7.92. The summed E-state index contributed by atoms with van der Waals surface area (Å²) >= 11 is 0.849. The fourth-order valence-corrected chi connectivity index (χ4v) is 3.46. The normalized spacial score (nSPS) is 11.6. The average Bonchev–Trinajstić information content (AvgIpc) is 2.79. The maximum atomic E-state index is 11.9. The highest BCUT2D eigenvalue weighted by atomic mass is 32.2. The van der Waals surface area contributed by atoms with E-state index >= 15 is 0 Å². The lowest BCUT2D eigenvalue weighted by Gasteiger charge is -2.06. The van der Waals surface area contributed by atoms with Gasteiger partial charge in [0.05, 0.1) is 0 Å². The van der Waals surface area contributed by atoms with Gasteiger partial charge >= 0.3 is 0 Å². The molecule has 1 heterocycles. The molecule has 0 amide bonds. The molecule has 19 heavy (non-hydrogen) atoms. The number of hydrogen-bond acceptors (Lipinski definition) is 6. The average molecular weight is 298 g/mol. The van der Waals surface area contributed by atoms with Crippen LogP contribution in [0.15, 0.2) is 28.6 Å². The third kappa shape index (κ3) is 3.49. The number of sulfonamides is 1. The van der Waals surface area contributed by atoms with E-state index in [1.165, 1.54) is 0 Å². The van der Waals surface area contributed by atoms with E-state index in [0.717, 1.165) is 22.5 Å². The maximum Gasteiger partial charge on any atom is 0.269 e. The van der Waals surface area contributed by atoms with E-state index in [-0.39, 0.29) is 9.47 Å². The van der Waals surface area contributed by atoms with Crippen molar-refractivity contribution in [3.8, 4) is 0 Å². The van der Waals surface area contributed by atoms with E-state index in [1.54, 1.807) is 0 Å². The Morgan fingerprint density at radius 1 is 1.32 bits per heavy atom. The highest BCUT2D eigenvalue weighted by Crippen LogP contribution is 2.16. The van der Waals surface area contributed by atoms with Crippen molar-refractivity contribution in [3.05, 3.63) is 35.4 Å². The van der Waals surface area contributed by atoms with Crippen LogP contribution in [0.1, 0.15) is 11.1 Å². The number of hydrogen-bond donors (Lipinski definition) is 2. The summed E-state index contributed by atoms with van der Waals surface area (Å²) in [4.78, 5) is 0. The van der Waals surface area contributed by atoms with Gasteiger partial charge in [-0.05, 0) is 24.5 Å². The third-order valence-corrected chi connectivity index (χ3v) is 5.18. The van der Waals surface area contributed by atoms with Crippen molar-refractivity contribution >= 4 is 26.5 Å². The van der Waals surface area contributed by atoms with Gasteiger partial charge < -0.3 is 5.73 Å². The molecule has 1 aromatic carbocycles. The number of nitrogens with one attached hydrogen (secondary N) is 1. The molecule has 0 bridgehead atoms. The minimum absolute atomic E-state index is 0.102. The fraction of sp³-hybridized carbons (Fsp3) is 0.273. The molecule has 0 spiro atoms. The van der Waals surface area contributed by atoms with Gasteiger partial charge in [0.15, 0.2) is 0 Å². The van der Waals surface area contributed by atoms with E-state index in [1.807, 2.05) is 31.2 Å². The summed E-state index contributed by atoms with van der Waals surface area (Å²) in [6.07, 6.45) is 0.625. The van der Waals surface area contributed by atoms with E-state index < -0.39 is 10.0 Å². The van der Waals surface area contributed by atoms with Gasteiger partial charge in [-0.25, -0.2) is 13.1 Å². The van der Waals surface area contributed by atoms with E-state index in [4.69, 9.17) is 5.73 Å². The Kier molecular flexibility index (Phi) is 4.13. The van der Waals surface area contributed by atoms with Crippen molar-refractivity contribution in [1.29, 1.82) is 0 Å². The van der Waals surface area contributed by atoms with Gasteiger partial charge in [0.25, 0.3) is 10.0 Å². The molecule has 0 radical (unpaired) electrons. The molecule has 8 heteroatoms. The van der Waals surface area contributed by atoms with Crippen molar-refractivity contribution in [2.24, 2.45) is 0 Å². The van der Waals surface area contributed by atoms with Gasteiger partial charge in [-0.2, -0.15) is 0 Å². The van der Waals surface area contributed by atoms with Gasteiger partial charge in [-0.3, -0.25) is 0 Å². The number of benzene rings is 1. The number of nitrogens with two attached hydrogens (primary N) is 1. The van der Waals surface area contributed by atoms with Gasteiger partial charge in [0, 0.05) is 6.54 Å². The van der Waals surface area contributed by atoms with E-state index in [0.29, 0.717) is 13.0 Å². The van der Waals surface area contributed by atoms with Gasteiger partial charge in [0.1, 0.15) is 0 Å². The summed E-state index contributed by atoms with van der Waals surface area (Å²) in [5, 5.41) is 7.15. The highest BCUT2D eigenvalue weighted by molar-refractivity contribution is 7.91. The predicted molar refractivity (Wildman–Crippen MR) is 74.4 cm³/mol. The highest BCUT2D eigenvalue weighted by Gasteiger charge is 2.18. The molecular weight excluding hydrogens is 284 g/mol. The van der Waals surface area contributed by atoms with Crippen molar-refractivity contribution in [2.75, 3.05) is 12.3 Å². The Hall–Kier alpha value is -1.51. The Labute approximate surface area is 115 Å². The molecule has 0 saturated carbocycles. The van der Waals surface area contributed by atoms with Crippen LogP contribution in [-0.4, -0.2) is 25.2 Å². The Morgan fingerprint density at radius 2 is 2.05 bits per heavy atom. The van der Waals surface area contributed by atoms with Crippen LogP contribution in [-0.2, 0) is 16.4 Å². The zero-order chi connectivity index (χ0) is 13.9. The van der Waals surface area contributed by atoms with Gasteiger partial charge in [-0.1, -0.05) is 35.6 Å². The number of anilines is 1. The molecule has 0 aliphatic heterocycles. The van der Waals surface area contributed by atoms with E-state index in [2.05, 4.69) is 14.9 Å². The van der Waals surface area contributed by atoms with Crippen LogP contribution in [0.3, 0.4) is 0 Å². The Bertz CT molecular complexity index is 667. The van der Waals surface area contributed by atoms with Crippen molar-refractivity contribution in [2.45, 2.75) is 17.7 Å². The van der Waals surface area contributed by atoms with Crippen molar-refractivity contribution < 1.29 is 8.42 Å². The second-order valence-electron chi connectivity index (χ2n) is 3.98. The molecule has 3 N–H and O–H groups in total. The van der Waals surface area contributed by atoms with Crippen molar-refractivity contribution in [1.82, 2.24) is 14.9 Å². The predicted octanol–water partition coefficient (Wildman–Crippen LogP) is 0.950. The maximum absolute atomic E-state index is 11.9. The quantitative estimate of drug-likeness (QED) is 0.856. The number of aromatic nitrogens is 2. The Balaban J connectivity index is 1.98. The lowest BCUT2D eigenvalue weighted by Crippen LogP contribution is -2.26. The molecule has 0 fully saturated rings. The fourth-order valence-electron chi connectivity index (χ4n) is 1.60. The van der Waals surface area contributed by atoms with Crippen LogP contribution in [0.2, 0.25) is 0 Å². The first-order chi connectivity index (χ1) is 8.99. The van der Waals surface area contributed by atoms with Crippen LogP contribution in [0.5, 0.6) is 0 Å². The molecule has 0 saturated heterocycles. The smallest absolute Gasteiger partial charge is 0.269 e. The summed E-state index contributed by atoms with van der Waals surface area (Å²) in [6, 6.07) is 7.86. The molecule has 0 aliphatic carbocycles. The van der Waals surface area contributed by atoms with Crippen LogP contribution in [0.4, 0.5) is 5.13 Å². The minimum Gasteiger partial charge on any atom is -0.374 e. The molecule has 0 unspecified atom stereocenters. The summed E-state index contributed by atoms with van der Waals surface area (Å²) in [5.74, 6) is 0. The van der Waals surface area contributed by atoms with Crippen LogP contribution >= 0.6 is 11.3 Å². The molecule has 0 aliphatic rings. The summed E-state index contributed by atoms with van der Waals surface area (Å²) in [7, 11) is -3.61. The van der Waals surface area contributed by atoms with Crippen molar-refractivity contribution in [3.63, 3.8) is 0 Å². The van der Waals surface area contributed by atoms with Crippen LogP contribution < -0.4 is 10.5 Å². The standard InChI is InChI=1S/C11H14N4O2S2/c1-8-4-2-3-5-9(8)6-7-13-19(16,17)11-15-14-10(12)18-11/h2-5,13H,6-7H2,1H3,(H2,12,14). The summed E-state index contributed by atoms with van der Waals surface area (Å²) in [5.41, 5.74) is 7.62. The minimum atomic E-state index is -3.61. The number of aryl methyl sites for hydroxylation is 1. The summed E-state index contributed by atoms with van der Waals surface area (Å²) < 4.78 is 26.1. The van der Waals surface area contributed by atoms with Gasteiger partial charge in [-0.15, -0.1) is 10.2 Å². The Morgan fingerprint density at radius 3 is 2.68 bits per heavy atom. The van der Waals surface area contributed by atoms with E-state index in [9.17, 15) is 8.42 Å². The SMILES string of the molecule is Cc1ccccc1CCNS(=O)(=O)c1nnc(N)s1. The topological polar surface area (TPSA) is 98.0 Å². The molecule has 1 aromatic heterocycles. The third-order valence-electron chi connectivity index (χ3n) is 2.60. The first kappa shape index (κ1) is 13.9. The first-order valence-electron chi connectivity index (χ1n) is 5.62. The zero-order valence-corrected chi connectivity index (χ0v) is 12.0. The summed E-state index contributed by atoms with van der Waals surface area (Å²) in [6.45, 7) is 2.31. The lowest BCUT2D eigenvalue weighted by atomic mass is 10.1. The largest absolute Gasteiger partial charge is 0.374 e. The van der Waals surface area contributed by atoms with Crippen LogP contribution in [0, 0.1) is 6.92 Å². The molecule has 2 rings (SSSR count). The monoisotopic (exact) mass is 298 g/mol.